The van der Waals surface area contributed by atoms with E-state index in [1.165, 1.54) is 37.4 Å². The van der Waals surface area contributed by atoms with Crippen LogP contribution in [0.3, 0.4) is 0 Å². The standard InChI is InChI=1S/C23H24F2N4O3/c1-26-21(31)16-10-14(2-4-18(16)25)13-27-22(32)29-8-6-23(7-9-29)12-20(30)17-11-15(24)3-5-19(17)28-23/h2-5,10-11,28H,6-9,12-13H2,1H3,(H,26,31)(H,27,32). The number of benzene rings is 2. The molecule has 1 saturated heterocycles. The van der Waals surface area contributed by atoms with Crippen molar-refractivity contribution in [2.75, 3.05) is 25.5 Å². The lowest BCUT2D eigenvalue weighted by Crippen LogP contribution is -2.55. The second-order valence-corrected chi connectivity index (χ2v) is 8.23. The Kier molecular flexibility index (Phi) is 5.82. The van der Waals surface area contributed by atoms with Crippen LogP contribution < -0.4 is 16.0 Å². The van der Waals surface area contributed by atoms with Gasteiger partial charge in [0.15, 0.2) is 5.78 Å². The third-order valence-electron chi connectivity index (χ3n) is 6.13. The first-order valence-corrected chi connectivity index (χ1v) is 10.4. The molecular weight excluding hydrogens is 418 g/mol. The van der Waals surface area contributed by atoms with Crippen LogP contribution in [0.1, 0.15) is 45.5 Å². The zero-order valence-corrected chi connectivity index (χ0v) is 17.6. The number of anilines is 1. The number of piperidine rings is 1. The summed E-state index contributed by atoms with van der Waals surface area (Å²) in [5, 5.41) is 8.58. The van der Waals surface area contributed by atoms with Crippen LogP contribution in [0.15, 0.2) is 36.4 Å². The van der Waals surface area contributed by atoms with Crippen molar-refractivity contribution in [3.8, 4) is 0 Å². The SMILES string of the molecule is CNC(=O)c1cc(CNC(=O)N2CCC3(CC2)CC(=O)c2cc(F)ccc2N3)ccc1F. The summed E-state index contributed by atoms with van der Waals surface area (Å²) in [6.45, 7) is 1.06. The van der Waals surface area contributed by atoms with E-state index in [2.05, 4.69) is 16.0 Å². The van der Waals surface area contributed by atoms with Crippen LogP contribution in [0.25, 0.3) is 0 Å². The quantitative estimate of drug-likeness (QED) is 0.682. The number of amides is 3. The van der Waals surface area contributed by atoms with Gasteiger partial charge in [0.1, 0.15) is 11.6 Å². The van der Waals surface area contributed by atoms with Crippen molar-refractivity contribution >= 4 is 23.4 Å². The zero-order valence-electron chi connectivity index (χ0n) is 17.6. The summed E-state index contributed by atoms with van der Waals surface area (Å²) in [5.41, 5.74) is 1.08. The molecule has 0 atom stereocenters. The third kappa shape index (κ3) is 4.28. The second kappa shape index (κ2) is 8.57. The monoisotopic (exact) mass is 442 g/mol. The van der Waals surface area contributed by atoms with Gasteiger partial charge in [-0.15, -0.1) is 0 Å². The molecular formula is C23H24F2N4O3. The number of Topliss-reactive ketones (excluding diaryl/α,β-unsaturated/α-hetero) is 1. The Balaban J connectivity index is 1.35. The van der Waals surface area contributed by atoms with Crippen LogP contribution in [-0.2, 0) is 6.54 Å². The van der Waals surface area contributed by atoms with Crippen molar-refractivity contribution < 1.29 is 23.2 Å². The second-order valence-electron chi connectivity index (χ2n) is 8.23. The van der Waals surface area contributed by atoms with E-state index in [0.29, 0.717) is 42.7 Å². The largest absolute Gasteiger partial charge is 0.378 e. The van der Waals surface area contributed by atoms with E-state index in [1.807, 2.05) is 0 Å². The van der Waals surface area contributed by atoms with Gasteiger partial charge in [-0.2, -0.15) is 0 Å². The van der Waals surface area contributed by atoms with E-state index in [0.717, 1.165) is 0 Å². The molecule has 2 aromatic rings. The molecule has 4 rings (SSSR count). The van der Waals surface area contributed by atoms with Gasteiger partial charge in [-0.05, 0) is 48.7 Å². The number of hydrogen-bond acceptors (Lipinski definition) is 4. The Morgan fingerprint density at radius 2 is 1.88 bits per heavy atom. The Hall–Kier alpha value is -3.49. The van der Waals surface area contributed by atoms with Crippen LogP contribution in [0.2, 0.25) is 0 Å². The average molecular weight is 442 g/mol. The van der Waals surface area contributed by atoms with Crippen LogP contribution in [0.4, 0.5) is 19.3 Å². The van der Waals surface area contributed by atoms with Crippen molar-refractivity contribution in [3.63, 3.8) is 0 Å². The Bertz CT molecular complexity index is 1080. The predicted molar refractivity (Wildman–Crippen MR) is 115 cm³/mol. The lowest BCUT2D eigenvalue weighted by atomic mass is 9.78. The van der Waals surface area contributed by atoms with Crippen LogP contribution in [0, 0.1) is 11.6 Å². The molecule has 168 valence electrons. The molecule has 1 spiro atoms. The molecule has 3 amide bonds. The average Bonchev–Trinajstić information content (AvgIpc) is 2.79. The van der Waals surface area contributed by atoms with Gasteiger partial charge in [0.05, 0.1) is 5.56 Å². The number of nitrogens with zero attached hydrogens (tertiary/aromatic N) is 1. The summed E-state index contributed by atoms with van der Waals surface area (Å²) in [7, 11) is 1.42. The summed E-state index contributed by atoms with van der Waals surface area (Å²) in [5.74, 6) is -1.69. The van der Waals surface area contributed by atoms with Crippen molar-refractivity contribution in [3.05, 3.63) is 64.7 Å². The summed E-state index contributed by atoms with van der Waals surface area (Å²) in [6.07, 6.45) is 1.43. The first-order chi connectivity index (χ1) is 15.3. The fourth-order valence-electron chi connectivity index (χ4n) is 4.31. The summed E-state index contributed by atoms with van der Waals surface area (Å²) >= 11 is 0. The van der Waals surface area contributed by atoms with Gasteiger partial charge in [-0.1, -0.05) is 6.07 Å². The number of likely N-dealkylation sites (tertiary alicyclic amines) is 1. The number of carbonyl (C=O) groups is 3. The summed E-state index contributed by atoms with van der Waals surface area (Å²) in [6, 6.07) is 8.03. The van der Waals surface area contributed by atoms with E-state index < -0.39 is 23.1 Å². The maximum atomic E-state index is 13.8. The van der Waals surface area contributed by atoms with Crippen molar-refractivity contribution in [2.45, 2.75) is 31.3 Å². The van der Waals surface area contributed by atoms with Gasteiger partial charge in [0, 0.05) is 49.9 Å². The molecule has 2 aromatic carbocycles. The first kappa shape index (κ1) is 21.7. The Morgan fingerprint density at radius 3 is 2.59 bits per heavy atom. The Labute approximate surface area is 184 Å². The molecule has 0 radical (unpaired) electrons. The molecule has 9 heteroatoms. The molecule has 0 aromatic heterocycles. The highest BCUT2D eigenvalue weighted by molar-refractivity contribution is 6.04. The fourth-order valence-corrected chi connectivity index (χ4v) is 4.31. The van der Waals surface area contributed by atoms with Crippen molar-refractivity contribution in [1.82, 2.24) is 15.5 Å². The van der Waals surface area contributed by atoms with E-state index in [1.54, 1.807) is 11.0 Å². The summed E-state index contributed by atoms with van der Waals surface area (Å²) in [4.78, 5) is 38.6. The van der Waals surface area contributed by atoms with E-state index in [-0.39, 0.29) is 30.3 Å². The summed E-state index contributed by atoms with van der Waals surface area (Å²) < 4.78 is 27.3. The molecule has 2 aliphatic heterocycles. The maximum absolute atomic E-state index is 13.8. The third-order valence-corrected chi connectivity index (χ3v) is 6.13. The van der Waals surface area contributed by atoms with Gasteiger partial charge in [0.25, 0.3) is 5.91 Å². The number of carbonyl (C=O) groups excluding carboxylic acids is 3. The molecule has 2 heterocycles. The molecule has 7 nitrogen and oxygen atoms in total. The Morgan fingerprint density at radius 1 is 1.12 bits per heavy atom. The highest BCUT2D eigenvalue weighted by Gasteiger charge is 2.41. The molecule has 3 N–H and O–H groups in total. The van der Waals surface area contributed by atoms with Crippen LogP contribution in [-0.4, -0.2) is 48.3 Å². The highest BCUT2D eigenvalue weighted by Crippen LogP contribution is 2.37. The lowest BCUT2D eigenvalue weighted by molar-refractivity contribution is 0.0913. The molecule has 0 aliphatic carbocycles. The van der Waals surface area contributed by atoms with E-state index >= 15 is 0 Å². The molecule has 0 saturated carbocycles. The van der Waals surface area contributed by atoms with Crippen molar-refractivity contribution in [2.24, 2.45) is 0 Å². The minimum Gasteiger partial charge on any atom is -0.378 e. The van der Waals surface area contributed by atoms with Crippen LogP contribution in [0.5, 0.6) is 0 Å². The minimum absolute atomic E-state index is 0.0765. The van der Waals surface area contributed by atoms with E-state index in [9.17, 15) is 23.2 Å². The van der Waals surface area contributed by atoms with Gasteiger partial charge in [-0.25, -0.2) is 13.6 Å². The number of ketones is 1. The molecule has 0 bridgehead atoms. The smallest absolute Gasteiger partial charge is 0.317 e. The number of hydrogen-bond donors (Lipinski definition) is 3. The first-order valence-electron chi connectivity index (χ1n) is 10.4. The van der Waals surface area contributed by atoms with Gasteiger partial charge in [-0.3, -0.25) is 9.59 Å². The van der Waals surface area contributed by atoms with Crippen LogP contribution >= 0.6 is 0 Å². The lowest BCUT2D eigenvalue weighted by Gasteiger charge is -2.45. The molecule has 1 fully saturated rings. The zero-order chi connectivity index (χ0) is 22.9. The van der Waals surface area contributed by atoms with Gasteiger partial charge >= 0.3 is 6.03 Å². The topological polar surface area (TPSA) is 90.5 Å². The van der Waals surface area contributed by atoms with E-state index in [4.69, 9.17) is 0 Å². The molecule has 2 aliphatic rings. The van der Waals surface area contributed by atoms with Gasteiger partial charge in [0.2, 0.25) is 0 Å². The van der Waals surface area contributed by atoms with Gasteiger partial charge < -0.3 is 20.9 Å². The highest BCUT2D eigenvalue weighted by atomic mass is 19.1. The fraction of sp³-hybridized carbons (Fsp3) is 0.348. The molecule has 32 heavy (non-hydrogen) atoms. The van der Waals surface area contributed by atoms with Crippen molar-refractivity contribution in [1.29, 1.82) is 0 Å². The molecule has 0 unspecified atom stereocenters. The maximum Gasteiger partial charge on any atom is 0.317 e. The number of rotatable bonds is 3. The number of nitrogens with one attached hydrogen (secondary N) is 3. The number of halogens is 2. The minimum atomic E-state index is -0.625. The predicted octanol–water partition coefficient (Wildman–Crippen LogP) is 3.07. The normalized spacial score (nSPS) is 16.8. The number of urea groups is 1. The number of fused-ring (bicyclic) bond motifs is 1.